The van der Waals surface area contributed by atoms with Crippen LogP contribution < -0.4 is 4.74 Å². The van der Waals surface area contributed by atoms with Crippen molar-refractivity contribution in [2.45, 2.75) is 46.7 Å². The van der Waals surface area contributed by atoms with Gasteiger partial charge in [0.1, 0.15) is 11.6 Å². The summed E-state index contributed by atoms with van der Waals surface area (Å²) >= 11 is 0. The summed E-state index contributed by atoms with van der Waals surface area (Å²) in [5.41, 5.74) is 3.83. The second-order valence-electron chi connectivity index (χ2n) is 7.25. The Morgan fingerprint density at radius 3 is 2.81 bits per heavy atom. The Labute approximate surface area is 160 Å². The van der Waals surface area contributed by atoms with Gasteiger partial charge in [-0.1, -0.05) is 0 Å². The zero-order valence-corrected chi connectivity index (χ0v) is 16.6. The van der Waals surface area contributed by atoms with Crippen LogP contribution in [-0.4, -0.2) is 40.7 Å². The average Bonchev–Trinajstić information content (AvgIpc) is 2.95. The van der Waals surface area contributed by atoms with Crippen molar-refractivity contribution in [2.75, 3.05) is 20.2 Å². The third-order valence-electron chi connectivity index (χ3n) is 5.52. The summed E-state index contributed by atoms with van der Waals surface area (Å²) in [6, 6.07) is 4.13. The Kier molecular flexibility index (Phi) is 5.95. The van der Waals surface area contributed by atoms with E-state index in [1.54, 1.807) is 0 Å². The maximum absolute atomic E-state index is 13.7. The molecular weight excluding hydrogens is 345 g/mol. The van der Waals surface area contributed by atoms with Crippen LogP contribution in [0, 0.1) is 25.6 Å². The number of aromatic nitrogens is 2. The monoisotopic (exact) mass is 373 g/mol. The summed E-state index contributed by atoms with van der Waals surface area (Å²) in [7, 11) is 1.51. The lowest BCUT2D eigenvalue weighted by Gasteiger charge is -2.32. The number of likely N-dealkylation sites (tertiary alicyclic amines) is 1. The van der Waals surface area contributed by atoms with Crippen molar-refractivity contribution in [3.8, 4) is 5.75 Å². The molecule has 2 heterocycles. The Balaban J connectivity index is 1.76. The molecule has 27 heavy (non-hydrogen) atoms. The molecule has 3 rings (SSSR count). The van der Waals surface area contributed by atoms with Gasteiger partial charge in [0, 0.05) is 36.8 Å². The van der Waals surface area contributed by atoms with E-state index in [2.05, 4.69) is 23.8 Å². The van der Waals surface area contributed by atoms with Gasteiger partial charge in [-0.05, 0) is 58.4 Å². The van der Waals surface area contributed by atoms with E-state index in [1.165, 1.54) is 36.6 Å². The lowest BCUT2D eigenvalue weighted by molar-refractivity contribution is 0.0807. The van der Waals surface area contributed by atoms with Crippen LogP contribution in [0.4, 0.5) is 4.39 Å². The second kappa shape index (κ2) is 8.21. The third-order valence-corrected chi connectivity index (χ3v) is 5.52. The maximum atomic E-state index is 13.7. The van der Waals surface area contributed by atoms with Gasteiger partial charge in [0.15, 0.2) is 5.78 Å². The SMILES string of the molecule is CCn1nc(C)c(CN2CCC[C@H](C(=O)c3cc(F)ccc3OC)C2)c1C. The van der Waals surface area contributed by atoms with Gasteiger partial charge in [-0.2, -0.15) is 5.10 Å². The molecule has 5 nitrogen and oxygen atoms in total. The van der Waals surface area contributed by atoms with Gasteiger partial charge in [0.05, 0.1) is 18.4 Å². The molecule has 0 N–H and O–H groups in total. The number of hydrogen-bond donors (Lipinski definition) is 0. The van der Waals surface area contributed by atoms with Crippen LogP contribution in [0.2, 0.25) is 0 Å². The molecule has 0 unspecified atom stereocenters. The van der Waals surface area contributed by atoms with Gasteiger partial charge in [0.25, 0.3) is 0 Å². The van der Waals surface area contributed by atoms with Gasteiger partial charge in [-0.25, -0.2) is 4.39 Å². The highest BCUT2D eigenvalue weighted by Crippen LogP contribution is 2.28. The number of carbonyl (C=O) groups is 1. The lowest BCUT2D eigenvalue weighted by atomic mass is 9.89. The molecule has 2 aromatic rings. The number of benzene rings is 1. The Hall–Kier alpha value is -2.21. The van der Waals surface area contributed by atoms with Crippen LogP contribution >= 0.6 is 0 Å². The van der Waals surface area contributed by atoms with Crippen molar-refractivity contribution in [2.24, 2.45) is 5.92 Å². The Bertz CT molecular complexity index is 831. The first-order valence-electron chi connectivity index (χ1n) is 9.57. The normalized spacial score (nSPS) is 17.9. The molecule has 146 valence electrons. The van der Waals surface area contributed by atoms with E-state index >= 15 is 0 Å². The molecule has 1 aromatic carbocycles. The molecule has 1 fully saturated rings. The van der Waals surface area contributed by atoms with E-state index in [9.17, 15) is 9.18 Å². The predicted molar refractivity (Wildman–Crippen MR) is 103 cm³/mol. The summed E-state index contributed by atoms with van der Waals surface area (Å²) in [6.45, 7) is 9.51. The molecule has 0 radical (unpaired) electrons. The summed E-state index contributed by atoms with van der Waals surface area (Å²) < 4.78 is 21.0. The zero-order chi connectivity index (χ0) is 19.6. The number of nitrogens with zero attached hydrogens (tertiary/aromatic N) is 3. The first-order valence-corrected chi connectivity index (χ1v) is 9.57. The molecule has 1 aliphatic rings. The number of ketones is 1. The number of methoxy groups -OCH3 is 1. The second-order valence-corrected chi connectivity index (χ2v) is 7.25. The average molecular weight is 373 g/mol. The van der Waals surface area contributed by atoms with E-state index in [0.717, 1.165) is 38.2 Å². The van der Waals surface area contributed by atoms with Crippen molar-refractivity contribution in [3.05, 3.63) is 46.5 Å². The molecule has 0 saturated carbocycles. The topological polar surface area (TPSA) is 47.4 Å². The number of rotatable bonds is 6. The minimum Gasteiger partial charge on any atom is -0.496 e. The highest BCUT2D eigenvalue weighted by atomic mass is 19.1. The number of piperidine rings is 1. The van der Waals surface area contributed by atoms with Crippen molar-refractivity contribution >= 4 is 5.78 Å². The fourth-order valence-corrected chi connectivity index (χ4v) is 4.00. The first-order chi connectivity index (χ1) is 12.9. The number of carbonyl (C=O) groups excluding carboxylic acids is 1. The fraction of sp³-hybridized carbons (Fsp3) is 0.524. The van der Waals surface area contributed by atoms with Gasteiger partial charge < -0.3 is 4.74 Å². The van der Waals surface area contributed by atoms with E-state index in [4.69, 9.17) is 4.74 Å². The number of hydrogen-bond acceptors (Lipinski definition) is 4. The highest BCUT2D eigenvalue weighted by molar-refractivity contribution is 6.00. The number of ether oxygens (including phenoxy) is 1. The van der Waals surface area contributed by atoms with Crippen LogP contribution in [-0.2, 0) is 13.1 Å². The highest BCUT2D eigenvalue weighted by Gasteiger charge is 2.29. The molecule has 1 aromatic heterocycles. The van der Waals surface area contributed by atoms with E-state index in [0.29, 0.717) is 17.9 Å². The van der Waals surface area contributed by atoms with E-state index in [-0.39, 0.29) is 11.7 Å². The summed E-state index contributed by atoms with van der Waals surface area (Å²) in [6.07, 6.45) is 1.77. The van der Waals surface area contributed by atoms with Gasteiger partial charge in [-0.3, -0.25) is 14.4 Å². The van der Waals surface area contributed by atoms with Crippen molar-refractivity contribution in [1.82, 2.24) is 14.7 Å². The molecule has 0 amide bonds. The number of aryl methyl sites for hydroxylation is 2. The van der Waals surface area contributed by atoms with E-state index in [1.807, 2.05) is 11.6 Å². The maximum Gasteiger partial charge on any atom is 0.171 e. The van der Waals surface area contributed by atoms with Crippen LogP contribution in [0.5, 0.6) is 5.75 Å². The number of halogens is 1. The summed E-state index contributed by atoms with van der Waals surface area (Å²) in [5, 5.41) is 4.59. The zero-order valence-electron chi connectivity index (χ0n) is 16.6. The summed E-state index contributed by atoms with van der Waals surface area (Å²) in [5.74, 6) is -0.149. The molecule has 1 aliphatic heterocycles. The lowest BCUT2D eigenvalue weighted by Crippen LogP contribution is -2.38. The largest absolute Gasteiger partial charge is 0.496 e. The standard InChI is InChI=1S/C21H28FN3O2/c1-5-25-15(3)19(14(2)23-25)13-24-10-6-7-16(12-24)21(26)18-11-17(22)8-9-20(18)27-4/h8-9,11,16H,5-7,10,12-13H2,1-4H3/t16-/m0/s1. The smallest absolute Gasteiger partial charge is 0.171 e. The summed E-state index contributed by atoms with van der Waals surface area (Å²) in [4.78, 5) is 15.3. The molecule has 1 atom stereocenters. The minimum atomic E-state index is -0.412. The first kappa shape index (κ1) is 19.5. The number of Topliss-reactive ketones (excluding diaryl/α,β-unsaturated/α-hetero) is 1. The fourth-order valence-electron chi connectivity index (χ4n) is 4.00. The molecule has 0 bridgehead atoms. The van der Waals surface area contributed by atoms with Crippen LogP contribution in [0.3, 0.4) is 0 Å². The molecule has 1 saturated heterocycles. The Morgan fingerprint density at radius 1 is 1.37 bits per heavy atom. The van der Waals surface area contributed by atoms with Gasteiger partial charge in [-0.15, -0.1) is 0 Å². The minimum absolute atomic E-state index is 0.0336. The molecule has 0 spiro atoms. The van der Waals surface area contributed by atoms with Crippen molar-refractivity contribution in [3.63, 3.8) is 0 Å². The Morgan fingerprint density at radius 2 is 2.15 bits per heavy atom. The van der Waals surface area contributed by atoms with E-state index < -0.39 is 5.82 Å². The van der Waals surface area contributed by atoms with Crippen LogP contribution in [0.25, 0.3) is 0 Å². The van der Waals surface area contributed by atoms with Crippen LogP contribution in [0.1, 0.15) is 47.1 Å². The van der Waals surface area contributed by atoms with Crippen LogP contribution in [0.15, 0.2) is 18.2 Å². The van der Waals surface area contributed by atoms with Crippen molar-refractivity contribution in [1.29, 1.82) is 0 Å². The molecular formula is C21H28FN3O2. The molecule has 6 heteroatoms. The predicted octanol–water partition coefficient (Wildman–Crippen LogP) is 3.76. The van der Waals surface area contributed by atoms with Crippen molar-refractivity contribution < 1.29 is 13.9 Å². The third kappa shape index (κ3) is 4.05. The van der Waals surface area contributed by atoms with Gasteiger partial charge >= 0.3 is 0 Å². The quantitative estimate of drug-likeness (QED) is 0.724. The molecule has 0 aliphatic carbocycles. The van der Waals surface area contributed by atoms with Gasteiger partial charge in [0.2, 0.25) is 0 Å².